The summed E-state index contributed by atoms with van der Waals surface area (Å²) < 4.78 is 0. The molecule has 0 aliphatic rings. The molecule has 0 aliphatic heterocycles. The van der Waals surface area contributed by atoms with Crippen LogP contribution in [0.2, 0.25) is 0 Å². The average molecular weight is 252 g/mol. The van der Waals surface area contributed by atoms with Crippen molar-refractivity contribution in [3.63, 3.8) is 0 Å². The topological polar surface area (TPSA) is 48.8 Å². The monoisotopic (exact) mass is 251 g/mol. The van der Waals surface area contributed by atoms with Gasteiger partial charge >= 0.3 is 0 Å². The van der Waals surface area contributed by atoms with Gasteiger partial charge in [-0.05, 0) is 16.7 Å². The molecular weight excluding hydrogens is 242 g/mol. The smallest absolute Gasteiger partial charge is 0.0443 e. The van der Waals surface area contributed by atoms with Gasteiger partial charge < -0.3 is 0 Å². The van der Waals surface area contributed by atoms with E-state index in [4.69, 9.17) is 5.53 Å². The molecule has 3 nitrogen and oxygen atoms in total. The van der Waals surface area contributed by atoms with E-state index < -0.39 is 0 Å². The fourth-order valence-electron chi connectivity index (χ4n) is 0.990. The molecule has 1 rings (SSSR count). The van der Waals surface area contributed by atoms with Crippen LogP contribution in [-0.4, -0.2) is 6.54 Å². The average Bonchev–Trinajstić information content (AvgIpc) is 2.25. The van der Waals surface area contributed by atoms with E-state index in [2.05, 4.69) is 38.1 Å². The Morgan fingerprint density at radius 1 is 1.36 bits per heavy atom. The number of nitrogens with zero attached hydrogens (tertiary/aromatic N) is 3. The molecule has 0 spiro atoms. The van der Waals surface area contributed by atoms with E-state index in [9.17, 15) is 0 Å². The lowest BCUT2D eigenvalue weighted by Gasteiger charge is -1.95. The molecule has 0 aliphatic carbocycles. The number of hydrogen-bond donors (Lipinski definition) is 0. The molecule has 0 amide bonds. The second kappa shape index (κ2) is 6.24. The van der Waals surface area contributed by atoms with Crippen LogP contribution in [0.4, 0.5) is 0 Å². The van der Waals surface area contributed by atoms with Gasteiger partial charge in [-0.3, -0.25) is 0 Å². The number of rotatable bonds is 4. The normalized spacial score (nSPS) is 10.1. The van der Waals surface area contributed by atoms with Crippen LogP contribution in [0.15, 0.2) is 35.5 Å². The molecule has 0 bridgehead atoms. The van der Waals surface area contributed by atoms with Crippen molar-refractivity contribution in [1.82, 2.24) is 0 Å². The van der Waals surface area contributed by atoms with Crippen LogP contribution in [0.3, 0.4) is 0 Å². The Morgan fingerprint density at radius 2 is 2.07 bits per heavy atom. The molecule has 72 valence electrons. The Morgan fingerprint density at radius 3 is 2.64 bits per heavy atom. The van der Waals surface area contributed by atoms with Gasteiger partial charge in [0.15, 0.2) is 0 Å². The van der Waals surface area contributed by atoms with E-state index in [1.54, 1.807) is 0 Å². The summed E-state index contributed by atoms with van der Waals surface area (Å²) in [5.74, 6) is 0. The summed E-state index contributed by atoms with van der Waals surface area (Å²) in [5.41, 5.74) is 10.4. The maximum Gasteiger partial charge on any atom is 0.0443 e. The number of benzene rings is 1. The van der Waals surface area contributed by atoms with Gasteiger partial charge in [0.2, 0.25) is 0 Å². The molecule has 0 fully saturated rings. The van der Waals surface area contributed by atoms with Crippen molar-refractivity contribution < 1.29 is 0 Å². The maximum atomic E-state index is 8.05. The summed E-state index contributed by atoms with van der Waals surface area (Å²) in [5, 5.41) is 4.28. The molecule has 0 radical (unpaired) electrons. The number of halogens is 1. The second-order valence-electron chi connectivity index (χ2n) is 2.69. The first-order chi connectivity index (χ1) is 6.86. The molecule has 1 aromatic rings. The lowest BCUT2D eigenvalue weighted by atomic mass is 10.1. The summed E-state index contributed by atoms with van der Waals surface area (Å²) in [6, 6.07) is 8.18. The lowest BCUT2D eigenvalue weighted by molar-refractivity contribution is 1.22. The van der Waals surface area contributed by atoms with Crippen molar-refractivity contribution in [2.75, 3.05) is 6.54 Å². The van der Waals surface area contributed by atoms with Gasteiger partial charge in [0.1, 0.15) is 0 Å². The van der Waals surface area contributed by atoms with Crippen LogP contribution in [0.5, 0.6) is 0 Å². The maximum absolute atomic E-state index is 8.05. The van der Waals surface area contributed by atoms with E-state index in [0.29, 0.717) is 6.54 Å². The third-order valence-corrected chi connectivity index (χ3v) is 2.34. The molecule has 0 N–H and O–H groups in total. The van der Waals surface area contributed by atoms with Gasteiger partial charge in [-0.15, -0.1) is 0 Å². The lowest BCUT2D eigenvalue weighted by Crippen LogP contribution is -1.77. The Kier molecular flexibility index (Phi) is 4.83. The molecule has 14 heavy (non-hydrogen) atoms. The Labute approximate surface area is 91.2 Å². The van der Waals surface area contributed by atoms with E-state index in [0.717, 1.165) is 10.9 Å². The molecule has 0 heterocycles. The standard InChI is InChI=1S/C10H10BrN3/c11-8-10-5-3-9(4-6-10)2-1-7-13-14-12/h1-6H,7-8H2. The highest BCUT2D eigenvalue weighted by atomic mass is 79.9. The van der Waals surface area contributed by atoms with Crippen molar-refractivity contribution in [3.8, 4) is 0 Å². The van der Waals surface area contributed by atoms with Crippen LogP contribution in [0.25, 0.3) is 16.5 Å². The van der Waals surface area contributed by atoms with Crippen molar-refractivity contribution in [1.29, 1.82) is 0 Å². The van der Waals surface area contributed by atoms with Gasteiger partial charge in [-0.25, -0.2) is 0 Å². The van der Waals surface area contributed by atoms with Gasteiger partial charge in [-0.2, -0.15) is 0 Å². The largest absolute Gasteiger partial charge is 0.0899 e. The molecule has 1 aromatic carbocycles. The highest BCUT2D eigenvalue weighted by Crippen LogP contribution is 2.08. The van der Waals surface area contributed by atoms with Crippen molar-refractivity contribution in [2.24, 2.45) is 5.11 Å². The first kappa shape index (κ1) is 10.8. The van der Waals surface area contributed by atoms with Crippen molar-refractivity contribution in [3.05, 3.63) is 51.9 Å². The summed E-state index contributed by atoms with van der Waals surface area (Å²) in [6.07, 6.45) is 3.77. The van der Waals surface area contributed by atoms with Crippen LogP contribution in [0, 0.1) is 0 Å². The molecule has 0 atom stereocenters. The van der Waals surface area contributed by atoms with Crippen molar-refractivity contribution >= 4 is 22.0 Å². The van der Waals surface area contributed by atoms with E-state index >= 15 is 0 Å². The SMILES string of the molecule is [N-]=[N+]=NCC=Cc1ccc(CBr)cc1. The number of azide groups is 1. The zero-order valence-corrected chi connectivity index (χ0v) is 9.18. The zero-order valence-electron chi connectivity index (χ0n) is 7.60. The third kappa shape index (κ3) is 3.64. The quantitative estimate of drug-likeness (QED) is 0.337. The van der Waals surface area contributed by atoms with Gasteiger partial charge in [-0.1, -0.05) is 57.5 Å². The number of alkyl halides is 1. The van der Waals surface area contributed by atoms with Crippen LogP contribution < -0.4 is 0 Å². The van der Waals surface area contributed by atoms with Gasteiger partial charge in [0, 0.05) is 16.8 Å². The van der Waals surface area contributed by atoms with E-state index in [-0.39, 0.29) is 0 Å². The molecular formula is C10H10BrN3. The van der Waals surface area contributed by atoms with E-state index in [1.165, 1.54) is 5.56 Å². The minimum absolute atomic E-state index is 0.399. The van der Waals surface area contributed by atoms with E-state index in [1.807, 2.05) is 24.3 Å². The molecule has 4 heteroatoms. The molecule has 0 unspecified atom stereocenters. The summed E-state index contributed by atoms with van der Waals surface area (Å²) >= 11 is 3.38. The fourth-order valence-corrected chi connectivity index (χ4v) is 1.36. The minimum atomic E-state index is 0.399. The minimum Gasteiger partial charge on any atom is -0.0899 e. The highest BCUT2D eigenvalue weighted by Gasteiger charge is 1.88. The van der Waals surface area contributed by atoms with Crippen molar-refractivity contribution in [2.45, 2.75) is 5.33 Å². The Bertz CT molecular complexity index is 350. The second-order valence-corrected chi connectivity index (χ2v) is 3.25. The predicted octanol–water partition coefficient (Wildman–Crippen LogP) is 3.91. The summed E-state index contributed by atoms with van der Waals surface area (Å²) in [4.78, 5) is 2.66. The van der Waals surface area contributed by atoms with Crippen LogP contribution in [-0.2, 0) is 5.33 Å². The molecule has 0 aromatic heterocycles. The van der Waals surface area contributed by atoms with Crippen LogP contribution >= 0.6 is 15.9 Å². The Hall–Kier alpha value is -1.25. The van der Waals surface area contributed by atoms with Gasteiger partial charge in [0.05, 0.1) is 0 Å². The first-order valence-electron chi connectivity index (χ1n) is 4.19. The number of hydrogen-bond acceptors (Lipinski definition) is 1. The first-order valence-corrected chi connectivity index (χ1v) is 5.31. The molecule has 0 saturated carbocycles. The summed E-state index contributed by atoms with van der Waals surface area (Å²) in [7, 11) is 0. The fraction of sp³-hybridized carbons (Fsp3) is 0.200. The summed E-state index contributed by atoms with van der Waals surface area (Å²) in [6.45, 7) is 0.399. The highest BCUT2D eigenvalue weighted by molar-refractivity contribution is 9.08. The van der Waals surface area contributed by atoms with Gasteiger partial charge in [0.25, 0.3) is 0 Å². The third-order valence-electron chi connectivity index (χ3n) is 1.69. The zero-order chi connectivity index (χ0) is 10.2. The van der Waals surface area contributed by atoms with Crippen LogP contribution in [0.1, 0.15) is 11.1 Å². The molecule has 0 saturated heterocycles. The Balaban J connectivity index is 2.59. The predicted molar refractivity (Wildman–Crippen MR) is 62.1 cm³/mol.